The van der Waals surface area contributed by atoms with E-state index in [4.69, 9.17) is 15.2 Å². The first-order chi connectivity index (χ1) is 9.08. The molecule has 0 spiro atoms. The summed E-state index contributed by atoms with van der Waals surface area (Å²) in [7, 11) is 1.56. The maximum Gasteiger partial charge on any atom is 0.228 e. The molecule has 1 atom stereocenters. The lowest BCUT2D eigenvalue weighted by Crippen LogP contribution is -2.27. The molecule has 1 aromatic rings. The van der Waals surface area contributed by atoms with Crippen molar-refractivity contribution in [3.63, 3.8) is 0 Å². The molecule has 7 heteroatoms. The van der Waals surface area contributed by atoms with Gasteiger partial charge in [-0.3, -0.25) is 4.79 Å². The second kappa shape index (κ2) is 9.52. The van der Waals surface area contributed by atoms with Gasteiger partial charge in [-0.25, -0.2) is 4.39 Å². The summed E-state index contributed by atoms with van der Waals surface area (Å²) in [6.07, 6.45) is 0. The van der Waals surface area contributed by atoms with Gasteiger partial charge in [0.15, 0.2) is 0 Å². The molecule has 1 unspecified atom stereocenters. The number of hydrogen-bond donors (Lipinski definition) is 2. The lowest BCUT2D eigenvalue weighted by Gasteiger charge is -2.14. The van der Waals surface area contributed by atoms with Gasteiger partial charge in [-0.15, -0.1) is 12.4 Å². The largest absolute Gasteiger partial charge is 0.489 e. The molecule has 1 aromatic carbocycles. The van der Waals surface area contributed by atoms with Gasteiger partial charge in [0.1, 0.15) is 18.2 Å². The number of halogens is 2. The first kappa shape index (κ1) is 18.6. The molecule has 0 radical (unpaired) electrons. The third-order valence-corrected chi connectivity index (χ3v) is 2.55. The summed E-state index contributed by atoms with van der Waals surface area (Å²) in [6, 6.07) is 3.95. The second-order valence-electron chi connectivity index (χ2n) is 4.11. The third kappa shape index (κ3) is 5.73. The van der Waals surface area contributed by atoms with E-state index in [1.54, 1.807) is 14.0 Å². The molecular weight excluding hydrogens is 287 g/mol. The molecule has 5 nitrogen and oxygen atoms in total. The minimum absolute atomic E-state index is 0. The molecular formula is C13H20ClFN2O3. The van der Waals surface area contributed by atoms with Crippen LogP contribution in [0.4, 0.5) is 10.1 Å². The highest BCUT2D eigenvalue weighted by Crippen LogP contribution is 2.25. The minimum Gasteiger partial charge on any atom is -0.489 e. The van der Waals surface area contributed by atoms with Crippen molar-refractivity contribution in [1.82, 2.24) is 0 Å². The average molecular weight is 307 g/mol. The fraction of sp³-hybridized carbons (Fsp3) is 0.462. The number of anilines is 1. The summed E-state index contributed by atoms with van der Waals surface area (Å²) in [4.78, 5) is 11.7. The summed E-state index contributed by atoms with van der Waals surface area (Å²) in [5, 5.41) is 2.60. The van der Waals surface area contributed by atoms with E-state index < -0.39 is 5.82 Å². The maximum atomic E-state index is 13.2. The van der Waals surface area contributed by atoms with Crippen molar-refractivity contribution < 1.29 is 18.7 Å². The molecule has 0 saturated carbocycles. The first-order valence-electron chi connectivity index (χ1n) is 6.00. The number of carbonyl (C=O) groups is 1. The number of methoxy groups -OCH3 is 1. The number of nitrogens with two attached hydrogens (primary N) is 1. The van der Waals surface area contributed by atoms with Gasteiger partial charge < -0.3 is 20.5 Å². The van der Waals surface area contributed by atoms with Crippen LogP contribution in [0, 0.1) is 11.7 Å². The van der Waals surface area contributed by atoms with E-state index in [1.807, 2.05) is 0 Å². The number of hydrogen-bond acceptors (Lipinski definition) is 4. The zero-order valence-electron chi connectivity index (χ0n) is 11.5. The number of ether oxygens (including phenoxy) is 2. The standard InChI is InChI=1S/C13H19FN2O3.ClH/c1-9(8-15)13(17)16-11-7-10(14)3-4-12(11)19-6-5-18-2;/h3-4,7,9H,5-6,8,15H2,1-2H3,(H,16,17);1H. The van der Waals surface area contributed by atoms with Crippen LogP contribution in [0.5, 0.6) is 5.75 Å². The third-order valence-electron chi connectivity index (χ3n) is 2.55. The first-order valence-corrected chi connectivity index (χ1v) is 6.00. The fourth-order valence-electron chi connectivity index (χ4n) is 1.32. The van der Waals surface area contributed by atoms with Gasteiger partial charge in [0, 0.05) is 25.6 Å². The van der Waals surface area contributed by atoms with Crippen LogP contribution in [0.1, 0.15) is 6.92 Å². The van der Waals surface area contributed by atoms with Crippen LogP contribution >= 0.6 is 12.4 Å². The van der Waals surface area contributed by atoms with Crippen molar-refractivity contribution in [2.45, 2.75) is 6.92 Å². The van der Waals surface area contributed by atoms with Crippen LogP contribution in [0.3, 0.4) is 0 Å². The maximum absolute atomic E-state index is 13.2. The van der Waals surface area contributed by atoms with E-state index in [9.17, 15) is 9.18 Å². The Bertz CT molecular complexity index is 432. The average Bonchev–Trinajstić information content (AvgIpc) is 2.40. The van der Waals surface area contributed by atoms with Crippen molar-refractivity contribution in [3.05, 3.63) is 24.0 Å². The second-order valence-corrected chi connectivity index (χ2v) is 4.11. The molecule has 0 aromatic heterocycles. The zero-order chi connectivity index (χ0) is 14.3. The molecule has 0 aliphatic carbocycles. The van der Waals surface area contributed by atoms with Crippen LogP contribution in [0.25, 0.3) is 0 Å². The summed E-state index contributed by atoms with van der Waals surface area (Å²) in [6.45, 7) is 2.64. The Morgan fingerprint density at radius 3 is 2.75 bits per heavy atom. The molecule has 3 N–H and O–H groups in total. The molecule has 1 rings (SSSR count). The van der Waals surface area contributed by atoms with Crippen LogP contribution in [0.2, 0.25) is 0 Å². The Labute approximate surface area is 124 Å². The fourth-order valence-corrected chi connectivity index (χ4v) is 1.32. The number of rotatable bonds is 7. The Kier molecular flexibility index (Phi) is 8.87. The van der Waals surface area contributed by atoms with Crippen LogP contribution in [-0.4, -0.2) is 32.8 Å². The van der Waals surface area contributed by atoms with Crippen LogP contribution in [0.15, 0.2) is 18.2 Å². The molecule has 0 aliphatic heterocycles. The van der Waals surface area contributed by atoms with Gasteiger partial charge in [0.05, 0.1) is 12.3 Å². The number of amides is 1. The summed E-state index contributed by atoms with van der Waals surface area (Å²) in [5.74, 6) is -0.675. The predicted molar refractivity (Wildman–Crippen MR) is 77.9 cm³/mol. The monoisotopic (exact) mass is 306 g/mol. The molecule has 0 saturated heterocycles. The minimum atomic E-state index is -0.449. The van der Waals surface area contributed by atoms with E-state index >= 15 is 0 Å². The molecule has 1 amide bonds. The summed E-state index contributed by atoms with van der Waals surface area (Å²) < 4.78 is 23.5. The highest BCUT2D eigenvalue weighted by molar-refractivity contribution is 5.93. The van der Waals surface area contributed by atoms with E-state index in [0.29, 0.717) is 24.7 Å². The number of carbonyl (C=O) groups excluding carboxylic acids is 1. The Hall–Kier alpha value is -1.37. The highest BCUT2D eigenvalue weighted by atomic mass is 35.5. The molecule has 0 fully saturated rings. The van der Waals surface area contributed by atoms with Crippen LogP contribution < -0.4 is 15.8 Å². The molecule has 0 heterocycles. The Morgan fingerprint density at radius 2 is 2.15 bits per heavy atom. The predicted octanol–water partition coefficient (Wildman–Crippen LogP) is 1.81. The highest BCUT2D eigenvalue weighted by Gasteiger charge is 2.14. The van der Waals surface area contributed by atoms with Gasteiger partial charge in [-0.05, 0) is 12.1 Å². The van der Waals surface area contributed by atoms with E-state index in [-0.39, 0.29) is 30.8 Å². The van der Waals surface area contributed by atoms with Crippen molar-refractivity contribution in [1.29, 1.82) is 0 Å². The quantitative estimate of drug-likeness (QED) is 0.754. The lowest BCUT2D eigenvalue weighted by molar-refractivity contribution is -0.119. The Balaban J connectivity index is 0.00000361. The Morgan fingerprint density at radius 1 is 1.45 bits per heavy atom. The molecule has 114 valence electrons. The van der Waals surface area contributed by atoms with Gasteiger partial charge in [-0.2, -0.15) is 0 Å². The van der Waals surface area contributed by atoms with E-state index in [0.717, 1.165) is 0 Å². The lowest BCUT2D eigenvalue weighted by atomic mass is 10.1. The number of benzene rings is 1. The van der Waals surface area contributed by atoms with Crippen molar-refractivity contribution >= 4 is 24.0 Å². The van der Waals surface area contributed by atoms with Crippen molar-refractivity contribution in [2.75, 3.05) is 32.2 Å². The molecule has 20 heavy (non-hydrogen) atoms. The zero-order valence-corrected chi connectivity index (χ0v) is 12.3. The van der Waals surface area contributed by atoms with E-state index in [1.165, 1.54) is 18.2 Å². The van der Waals surface area contributed by atoms with Gasteiger partial charge >= 0.3 is 0 Å². The van der Waals surface area contributed by atoms with Crippen molar-refractivity contribution in [2.24, 2.45) is 11.7 Å². The molecule has 0 aliphatic rings. The van der Waals surface area contributed by atoms with Gasteiger partial charge in [0.25, 0.3) is 0 Å². The van der Waals surface area contributed by atoms with Crippen LogP contribution in [-0.2, 0) is 9.53 Å². The summed E-state index contributed by atoms with van der Waals surface area (Å²) >= 11 is 0. The number of nitrogens with one attached hydrogen (secondary N) is 1. The topological polar surface area (TPSA) is 73.6 Å². The molecule has 0 bridgehead atoms. The van der Waals surface area contributed by atoms with Gasteiger partial charge in [-0.1, -0.05) is 6.92 Å². The smallest absolute Gasteiger partial charge is 0.228 e. The van der Waals surface area contributed by atoms with Gasteiger partial charge in [0.2, 0.25) is 5.91 Å². The normalized spacial score (nSPS) is 11.4. The van der Waals surface area contributed by atoms with E-state index in [2.05, 4.69) is 5.32 Å². The van der Waals surface area contributed by atoms with Crippen molar-refractivity contribution in [3.8, 4) is 5.75 Å². The summed E-state index contributed by atoms with van der Waals surface area (Å²) in [5.41, 5.74) is 5.70. The SMILES string of the molecule is COCCOc1ccc(F)cc1NC(=O)C(C)CN.Cl.